The van der Waals surface area contributed by atoms with Crippen LogP contribution in [0.4, 0.5) is 11.8 Å². The number of methoxy groups -OCH3 is 1. The summed E-state index contributed by atoms with van der Waals surface area (Å²) >= 11 is 0. The van der Waals surface area contributed by atoms with Gasteiger partial charge in [-0.15, -0.1) is 0 Å². The highest BCUT2D eigenvalue weighted by Gasteiger charge is 2.42. The monoisotopic (exact) mass is 361 g/mol. The van der Waals surface area contributed by atoms with Gasteiger partial charge in [-0.05, 0) is 31.6 Å². The Morgan fingerprint density at radius 2 is 2.12 bits per heavy atom. The lowest BCUT2D eigenvalue weighted by Crippen LogP contribution is -2.54. The van der Waals surface area contributed by atoms with Crippen molar-refractivity contribution in [1.29, 1.82) is 0 Å². The predicted molar refractivity (Wildman–Crippen MR) is 102 cm³/mol. The Morgan fingerprint density at radius 1 is 1.31 bits per heavy atom. The van der Waals surface area contributed by atoms with Gasteiger partial charge in [-0.3, -0.25) is 4.79 Å². The van der Waals surface area contributed by atoms with E-state index in [2.05, 4.69) is 33.6 Å². The molecule has 0 aliphatic carbocycles. The zero-order valence-corrected chi connectivity index (χ0v) is 16.2. The van der Waals surface area contributed by atoms with Gasteiger partial charge in [-0.2, -0.15) is 9.97 Å². The molecule has 2 aliphatic heterocycles. The van der Waals surface area contributed by atoms with E-state index in [1.54, 1.807) is 7.11 Å². The molecule has 2 saturated heterocycles. The predicted octanol–water partition coefficient (Wildman–Crippen LogP) is 2.32. The number of rotatable bonds is 5. The fourth-order valence-electron chi connectivity index (χ4n) is 4.15. The van der Waals surface area contributed by atoms with Crippen molar-refractivity contribution in [2.45, 2.75) is 46.0 Å². The summed E-state index contributed by atoms with van der Waals surface area (Å²) in [6.07, 6.45) is 4.93. The molecule has 0 bridgehead atoms. The van der Waals surface area contributed by atoms with Crippen LogP contribution in [-0.4, -0.2) is 54.1 Å². The minimum absolute atomic E-state index is 0.149. The number of anilines is 2. The van der Waals surface area contributed by atoms with Gasteiger partial charge in [0.25, 0.3) is 0 Å². The Labute approximate surface area is 155 Å². The van der Waals surface area contributed by atoms with Gasteiger partial charge in [-0.1, -0.05) is 13.8 Å². The van der Waals surface area contributed by atoms with E-state index in [4.69, 9.17) is 10.5 Å². The van der Waals surface area contributed by atoms with Gasteiger partial charge in [-0.25, -0.2) is 0 Å². The summed E-state index contributed by atoms with van der Waals surface area (Å²) in [4.78, 5) is 25.2. The summed E-state index contributed by atoms with van der Waals surface area (Å²) in [7, 11) is 1.59. The third-order valence-electron chi connectivity index (χ3n) is 5.63. The summed E-state index contributed by atoms with van der Waals surface area (Å²) in [5.74, 6) is 2.46. The molecule has 3 rings (SSSR count). The van der Waals surface area contributed by atoms with Crippen molar-refractivity contribution in [2.24, 2.45) is 11.3 Å². The normalized spacial score (nSPS) is 23.8. The molecule has 2 fully saturated rings. The van der Waals surface area contributed by atoms with E-state index < -0.39 is 0 Å². The molecular weight excluding hydrogens is 330 g/mol. The van der Waals surface area contributed by atoms with E-state index in [9.17, 15) is 4.79 Å². The molecule has 1 atom stereocenters. The van der Waals surface area contributed by atoms with Crippen LogP contribution in [0.25, 0.3) is 0 Å². The van der Waals surface area contributed by atoms with Gasteiger partial charge in [0.2, 0.25) is 17.7 Å². The molecular formula is C19H31N5O2. The average Bonchev–Trinajstić information content (AvgIpc) is 2.62. The molecule has 1 spiro atoms. The maximum atomic E-state index is 12.4. The van der Waals surface area contributed by atoms with E-state index in [-0.39, 0.29) is 11.4 Å². The first kappa shape index (κ1) is 18.7. The summed E-state index contributed by atoms with van der Waals surface area (Å²) < 4.78 is 5.24. The number of piperidine rings is 2. The van der Waals surface area contributed by atoms with E-state index in [1.807, 2.05) is 6.07 Å². The molecule has 0 radical (unpaired) electrons. The molecule has 26 heavy (non-hydrogen) atoms. The second-order valence-corrected chi connectivity index (χ2v) is 8.15. The van der Waals surface area contributed by atoms with Crippen LogP contribution < -0.4 is 15.4 Å². The highest BCUT2D eigenvalue weighted by atomic mass is 16.5. The van der Waals surface area contributed by atoms with E-state index in [0.29, 0.717) is 24.1 Å². The van der Waals surface area contributed by atoms with Crippen LogP contribution in [0.5, 0.6) is 5.88 Å². The molecule has 7 nitrogen and oxygen atoms in total. The first-order chi connectivity index (χ1) is 12.4. The van der Waals surface area contributed by atoms with Crippen LogP contribution in [0, 0.1) is 11.3 Å². The number of nitrogen functional groups attached to an aromatic ring is 1. The lowest BCUT2D eigenvalue weighted by atomic mass is 9.73. The number of nitrogens with two attached hydrogens (primary N) is 1. The Morgan fingerprint density at radius 3 is 2.85 bits per heavy atom. The van der Waals surface area contributed by atoms with Crippen molar-refractivity contribution in [3.05, 3.63) is 6.07 Å². The number of carbonyl (C=O) groups excluding carboxylic acids is 1. The van der Waals surface area contributed by atoms with Gasteiger partial charge in [0.1, 0.15) is 5.82 Å². The van der Waals surface area contributed by atoms with Crippen LogP contribution in [0.1, 0.15) is 46.0 Å². The topological polar surface area (TPSA) is 84.6 Å². The smallest absolute Gasteiger partial charge is 0.225 e. The average molecular weight is 361 g/mol. The molecule has 2 N–H and O–H groups in total. The van der Waals surface area contributed by atoms with Gasteiger partial charge in [0, 0.05) is 44.1 Å². The van der Waals surface area contributed by atoms with Crippen molar-refractivity contribution >= 4 is 17.7 Å². The molecule has 3 heterocycles. The third-order valence-corrected chi connectivity index (χ3v) is 5.63. The molecule has 7 heteroatoms. The van der Waals surface area contributed by atoms with Gasteiger partial charge >= 0.3 is 0 Å². The largest absolute Gasteiger partial charge is 0.481 e. The number of aromatic nitrogens is 2. The van der Waals surface area contributed by atoms with Crippen LogP contribution in [0.15, 0.2) is 6.07 Å². The van der Waals surface area contributed by atoms with E-state index in [1.165, 1.54) is 0 Å². The molecule has 0 saturated carbocycles. The molecule has 1 aromatic rings. The highest BCUT2D eigenvalue weighted by Crippen LogP contribution is 2.40. The van der Waals surface area contributed by atoms with Crippen molar-refractivity contribution in [3.63, 3.8) is 0 Å². The summed E-state index contributed by atoms with van der Waals surface area (Å²) in [6.45, 7) is 7.98. The second-order valence-electron chi connectivity index (χ2n) is 8.15. The van der Waals surface area contributed by atoms with E-state index in [0.717, 1.165) is 57.7 Å². The molecule has 0 aromatic carbocycles. The van der Waals surface area contributed by atoms with Crippen molar-refractivity contribution < 1.29 is 9.53 Å². The Kier molecular flexibility index (Phi) is 5.53. The van der Waals surface area contributed by atoms with Gasteiger partial charge in [0.15, 0.2) is 0 Å². The Hall–Kier alpha value is -2.05. The second kappa shape index (κ2) is 7.68. The zero-order valence-electron chi connectivity index (χ0n) is 16.2. The molecule has 1 amide bonds. The summed E-state index contributed by atoms with van der Waals surface area (Å²) in [6, 6.07) is 1.85. The third kappa shape index (κ3) is 4.19. The SMILES string of the molecule is COc1cc(N2CCC[C@@]3(CCC(=O)N(CCC(C)C)C3)C2)nc(N)n1. The number of amides is 1. The number of hydrogen-bond donors (Lipinski definition) is 1. The highest BCUT2D eigenvalue weighted by molar-refractivity contribution is 5.77. The lowest BCUT2D eigenvalue weighted by Gasteiger charge is -2.48. The van der Waals surface area contributed by atoms with Crippen LogP contribution >= 0.6 is 0 Å². The first-order valence-electron chi connectivity index (χ1n) is 9.62. The number of nitrogens with zero attached hydrogens (tertiary/aromatic N) is 4. The van der Waals surface area contributed by atoms with Crippen LogP contribution in [-0.2, 0) is 4.79 Å². The van der Waals surface area contributed by atoms with E-state index >= 15 is 0 Å². The fraction of sp³-hybridized carbons (Fsp3) is 0.737. The molecule has 0 unspecified atom stereocenters. The minimum atomic E-state index is 0.149. The maximum Gasteiger partial charge on any atom is 0.225 e. The zero-order chi connectivity index (χ0) is 18.7. The molecule has 1 aromatic heterocycles. The van der Waals surface area contributed by atoms with Crippen molar-refractivity contribution in [1.82, 2.24) is 14.9 Å². The Bertz CT molecular complexity index is 651. The number of ether oxygens (including phenoxy) is 1. The molecule has 2 aliphatic rings. The molecule has 144 valence electrons. The Balaban J connectivity index is 1.74. The quantitative estimate of drug-likeness (QED) is 0.866. The summed E-state index contributed by atoms with van der Waals surface area (Å²) in [5, 5.41) is 0. The fourth-order valence-corrected chi connectivity index (χ4v) is 4.15. The lowest BCUT2D eigenvalue weighted by molar-refractivity contribution is -0.138. The minimum Gasteiger partial charge on any atom is -0.481 e. The van der Waals surface area contributed by atoms with Gasteiger partial charge in [0.05, 0.1) is 7.11 Å². The number of hydrogen-bond acceptors (Lipinski definition) is 6. The maximum absolute atomic E-state index is 12.4. The number of likely N-dealkylation sites (tertiary alicyclic amines) is 1. The number of carbonyl (C=O) groups is 1. The standard InChI is InChI=1S/C19H31N5O2/c1-14(2)6-10-24-13-19(8-5-17(24)25)7-4-9-23(12-19)15-11-16(26-3)22-18(20)21-15/h11,14H,4-10,12-13H2,1-3H3,(H2,20,21,22)/t19-/m1/s1. The van der Waals surface area contributed by atoms with Crippen LogP contribution in [0.3, 0.4) is 0 Å². The van der Waals surface area contributed by atoms with Crippen molar-refractivity contribution in [3.8, 4) is 5.88 Å². The first-order valence-corrected chi connectivity index (χ1v) is 9.62. The van der Waals surface area contributed by atoms with Gasteiger partial charge < -0.3 is 20.3 Å². The summed E-state index contributed by atoms with van der Waals surface area (Å²) in [5.41, 5.74) is 5.99. The van der Waals surface area contributed by atoms with Crippen LogP contribution in [0.2, 0.25) is 0 Å². The van der Waals surface area contributed by atoms with Crippen molar-refractivity contribution in [2.75, 3.05) is 43.9 Å².